The van der Waals surface area contributed by atoms with Gasteiger partial charge in [-0.25, -0.2) is 4.99 Å². The molecule has 50 valence electrons. The van der Waals surface area contributed by atoms with Gasteiger partial charge in [0.2, 0.25) is 0 Å². The summed E-state index contributed by atoms with van der Waals surface area (Å²) in [5, 5.41) is 0. The second kappa shape index (κ2) is 2.12. The minimum atomic E-state index is -0.0682. The fourth-order valence-electron chi connectivity index (χ4n) is 0.858. The van der Waals surface area contributed by atoms with Crippen molar-refractivity contribution in [3.63, 3.8) is 0 Å². The number of fused-ring (bicyclic) bond motifs is 1. The van der Waals surface area contributed by atoms with Gasteiger partial charge in [-0.3, -0.25) is 9.98 Å². The van der Waals surface area contributed by atoms with Crippen LogP contribution in [0.25, 0.3) is 0 Å². The SMILES string of the molecule is BrC1=NC2=CC=N[C@@H]2N=C1. The lowest BCUT2D eigenvalue weighted by Crippen LogP contribution is -2.08. The number of aliphatic imine (C=N–C) groups is 3. The number of hydrogen-bond acceptors (Lipinski definition) is 3. The van der Waals surface area contributed by atoms with Crippen LogP contribution < -0.4 is 0 Å². The zero-order valence-corrected chi connectivity index (χ0v) is 6.62. The predicted octanol–water partition coefficient (Wildman–Crippen LogP) is 1.16. The Morgan fingerprint density at radius 1 is 1.40 bits per heavy atom. The maximum absolute atomic E-state index is 4.16. The first-order valence-electron chi connectivity index (χ1n) is 2.87. The first-order chi connectivity index (χ1) is 4.86. The Labute approximate surface area is 66.4 Å². The van der Waals surface area contributed by atoms with Gasteiger partial charge >= 0.3 is 0 Å². The van der Waals surface area contributed by atoms with E-state index in [1.54, 1.807) is 12.4 Å². The average Bonchev–Trinajstić information content (AvgIpc) is 2.33. The minimum Gasteiger partial charge on any atom is -0.260 e. The van der Waals surface area contributed by atoms with Gasteiger partial charge in [0.25, 0.3) is 0 Å². The van der Waals surface area contributed by atoms with E-state index < -0.39 is 0 Å². The summed E-state index contributed by atoms with van der Waals surface area (Å²) in [5.41, 5.74) is 0.911. The molecular weight excluding hydrogens is 194 g/mol. The lowest BCUT2D eigenvalue weighted by molar-refractivity contribution is 0.832. The standard InChI is InChI=1S/C6H4BrN3/c7-5-3-9-6-4(10-5)1-2-8-6/h1-3,6H/t6-/m1/s1. The summed E-state index contributed by atoms with van der Waals surface area (Å²) < 4.78 is 0.764. The molecule has 0 spiro atoms. The van der Waals surface area contributed by atoms with Gasteiger partial charge in [0.1, 0.15) is 4.62 Å². The highest BCUT2D eigenvalue weighted by atomic mass is 79.9. The van der Waals surface area contributed by atoms with Crippen molar-refractivity contribution in [3.05, 3.63) is 11.8 Å². The maximum atomic E-state index is 4.16. The van der Waals surface area contributed by atoms with Gasteiger partial charge < -0.3 is 0 Å². The lowest BCUT2D eigenvalue weighted by atomic mass is 10.3. The van der Waals surface area contributed by atoms with Crippen LogP contribution in [0.1, 0.15) is 0 Å². The summed E-state index contributed by atoms with van der Waals surface area (Å²) in [6, 6.07) is 0. The van der Waals surface area contributed by atoms with E-state index in [4.69, 9.17) is 0 Å². The predicted molar refractivity (Wildman–Crippen MR) is 45.2 cm³/mol. The molecule has 0 saturated carbocycles. The monoisotopic (exact) mass is 197 g/mol. The molecule has 0 bridgehead atoms. The number of allylic oxidation sites excluding steroid dienone is 1. The highest BCUT2D eigenvalue weighted by Crippen LogP contribution is 2.17. The molecule has 0 aliphatic carbocycles. The molecule has 0 amide bonds. The van der Waals surface area contributed by atoms with E-state index in [0.29, 0.717) is 0 Å². The normalized spacial score (nSPS) is 27.9. The molecule has 0 fully saturated rings. The third-order valence-corrected chi connectivity index (χ3v) is 1.68. The van der Waals surface area contributed by atoms with E-state index in [1.807, 2.05) is 6.08 Å². The average molecular weight is 198 g/mol. The molecule has 2 rings (SSSR count). The molecular formula is C6H4BrN3. The van der Waals surface area contributed by atoms with E-state index in [2.05, 4.69) is 30.9 Å². The fourth-order valence-corrected chi connectivity index (χ4v) is 1.18. The molecule has 4 heteroatoms. The molecule has 0 saturated heterocycles. The van der Waals surface area contributed by atoms with Crippen molar-refractivity contribution in [1.82, 2.24) is 0 Å². The number of rotatable bonds is 0. The quantitative estimate of drug-likeness (QED) is 0.560. The van der Waals surface area contributed by atoms with E-state index >= 15 is 0 Å². The summed E-state index contributed by atoms with van der Waals surface area (Å²) >= 11 is 3.23. The second-order valence-electron chi connectivity index (χ2n) is 1.98. The van der Waals surface area contributed by atoms with Gasteiger partial charge in [-0.05, 0) is 22.0 Å². The van der Waals surface area contributed by atoms with Crippen LogP contribution in [0.4, 0.5) is 0 Å². The summed E-state index contributed by atoms with van der Waals surface area (Å²) in [6.45, 7) is 0. The Kier molecular flexibility index (Phi) is 1.27. The fraction of sp³-hybridized carbons (Fsp3) is 0.167. The molecule has 2 aliphatic rings. The Hall–Kier alpha value is -0.770. The van der Waals surface area contributed by atoms with Crippen LogP contribution in [0.3, 0.4) is 0 Å². The largest absolute Gasteiger partial charge is 0.260 e. The summed E-state index contributed by atoms with van der Waals surface area (Å²) in [6.07, 6.45) is 5.20. The van der Waals surface area contributed by atoms with Crippen molar-refractivity contribution >= 4 is 33.0 Å². The van der Waals surface area contributed by atoms with Crippen LogP contribution in [0.15, 0.2) is 26.8 Å². The number of nitrogens with zero attached hydrogens (tertiary/aromatic N) is 3. The second-order valence-corrected chi connectivity index (χ2v) is 2.79. The van der Waals surface area contributed by atoms with E-state index in [1.165, 1.54) is 0 Å². The topological polar surface area (TPSA) is 37.1 Å². The molecule has 0 N–H and O–H groups in total. The maximum Gasteiger partial charge on any atom is 0.181 e. The Balaban J connectivity index is 2.39. The van der Waals surface area contributed by atoms with E-state index in [0.717, 1.165) is 10.3 Å². The van der Waals surface area contributed by atoms with Crippen molar-refractivity contribution in [3.8, 4) is 0 Å². The zero-order chi connectivity index (χ0) is 6.97. The van der Waals surface area contributed by atoms with Crippen LogP contribution >= 0.6 is 15.9 Å². The summed E-state index contributed by atoms with van der Waals surface area (Å²) in [7, 11) is 0. The first kappa shape index (κ1) is 5.97. The van der Waals surface area contributed by atoms with Crippen LogP contribution in [-0.4, -0.2) is 23.2 Å². The van der Waals surface area contributed by atoms with Crippen molar-refractivity contribution in [2.24, 2.45) is 15.0 Å². The van der Waals surface area contributed by atoms with E-state index in [9.17, 15) is 0 Å². The van der Waals surface area contributed by atoms with Crippen molar-refractivity contribution in [2.75, 3.05) is 0 Å². The molecule has 3 nitrogen and oxygen atoms in total. The summed E-state index contributed by atoms with van der Waals surface area (Å²) in [4.78, 5) is 12.3. The van der Waals surface area contributed by atoms with Crippen LogP contribution in [0.2, 0.25) is 0 Å². The van der Waals surface area contributed by atoms with Crippen molar-refractivity contribution in [2.45, 2.75) is 6.17 Å². The van der Waals surface area contributed by atoms with Gasteiger partial charge in [0.05, 0.1) is 11.9 Å². The molecule has 10 heavy (non-hydrogen) atoms. The van der Waals surface area contributed by atoms with Gasteiger partial charge in [0, 0.05) is 6.21 Å². The van der Waals surface area contributed by atoms with Crippen LogP contribution in [-0.2, 0) is 0 Å². The summed E-state index contributed by atoms with van der Waals surface area (Å²) in [5.74, 6) is 0. The van der Waals surface area contributed by atoms with Gasteiger partial charge in [-0.1, -0.05) is 0 Å². The highest BCUT2D eigenvalue weighted by Gasteiger charge is 2.16. The molecule has 0 aromatic heterocycles. The van der Waals surface area contributed by atoms with E-state index in [-0.39, 0.29) is 6.17 Å². The molecule has 2 heterocycles. The third-order valence-electron chi connectivity index (χ3n) is 1.30. The van der Waals surface area contributed by atoms with Crippen molar-refractivity contribution < 1.29 is 0 Å². The molecule has 0 unspecified atom stereocenters. The van der Waals surface area contributed by atoms with Gasteiger partial charge in [-0.2, -0.15) is 0 Å². The number of hydrogen-bond donors (Lipinski definition) is 0. The van der Waals surface area contributed by atoms with Crippen LogP contribution in [0, 0.1) is 0 Å². The molecule has 2 aliphatic heterocycles. The Morgan fingerprint density at radius 2 is 2.30 bits per heavy atom. The molecule has 1 atom stereocenters. The van der Waals surface area contributed by atoms with Gasteiger partial charge in [0.15, 0.2) is 6.17 Å². The smallest absolute Gasteiger partial charge is 0.181 e. The van der Waals surface area contributed by atoms with Crippen LogP contribution in [0.5, 0.6) is 0 Å². The Bertz CT molecular complexity index is 275. The van der Waals surface area contributed by atoms with Gasteiger partial charge in [-0.15, -0.1) is 0 Å². The number of halogens is 1. The minimum absolute atomic E-state index is 0.0682. The lowest BCUT2D eigenvalue weighted by Gasteiger charge is -2.06. The highest BCUT2D eigenvalue weighted by molar-refractivity contribution is 9.19. The molecule has 0 aromatic carbocycles. The molecule has 0 aromatic rings. The molecule has 0 radical (unpaired) electrons. The first-order valence-corrected chi connectivity index (χ1v) is 3.66. The van der Waals surface area contributed by atoms with Crippen molar-refractivity contribution in [1.29, 1.82) is 0 Å². The Morgan fingerprint density at radius 3 is 3.20 bits per heavy atom. The zero-order valence-electron chi connectivity index (χ0n) is 5.03. The third kappa shape index (κ3) is 0.844.